The Bertz CT molecular complexity index is 455. The van der Waals surface area contributed by atoms with Gasteiger partial charge in [-0.15, -0.1) is 0 Å². The molecule has 8 heteroatoms. The van der Waals surface area contributed by atoms with Crippen LogP contribution in [0.3, 0.4) is 0 Å². The highest BCUT2D eigenvalue weighted by molar-refractivity contribution is 5.89. The van der Waals surface area contributed by atoms with E-state index < -0.39 is 4.92 Å². The number of nitro groups is 1. The standard InChI is InChI=1S/C13H19N3O5/c1-20-9-7-15(8-10-21-2)13(17)14-11-3-5-12(6-4-11)16(18)19/h3-6H,7-10H2,1-2H3,(H,14,17). The average Bonchev–Trinajstić information content (AvgIpc) is 2.47. The van der Waals surface area contributed by atoms with E-state index in [9.17, 15) is 14.9 Å². The molecule has 1 aromatic carbocycles. The second-order valence-corrected chi connectivity index (χ2v) is 4.21. The molecular weight excluding hydrogens is 278 g/mol. The third-order valence-electron chi connectivity index (χ3n) is 2.75. The van der Waals surface area contributed by atoms with E-state index in [-0.39, 0.29) is 11.7 Å². The predicted octanol–water partition coefficient (Wildman–Crippen LogP) is 1.72. The van der Waals surface area contributed by atoms with Crippen LogP contribution in [0.2, 0.25) is 0 Å². The SMILES string of the molecule is COCCN(CCOC)C(=O)Nc1ccc([N+](=O)[O-])cc1. The van der Waals surface area contributed by atoms with Crippen LogP contribution in [0, 0.1) is 10.1 Å². The molecule has 0 aliphatic heterocycles. The van der Waals surface area contributed by atoms with Gasteiger partial charge in [-0.2, -0.15) is 0 Å². The lowest BCUT2D eigenvalue weighted by Crippen LogP contribution is -2.39. The van der Waals surface area contributed by atoms with E-state index in [0.29, 0.717) is 32.0 Å². The third-order valence-corrected chi connectivity index (χ3v) is 2.75. The van der Waals surface area contributed by atoms with E-state index in [1.54, 1.807) is 19.1 Å². The molecule has 1 N–H and O–H groups in total. The molecule has 0 atom stereocenters. The van der Waals surface area contributed by atoms with Gasteiger partial charge in [0.2, 0.25) is 0 Å². The van der Waals surface area contributed by atoms with Crippen molar-refractivity contribution in [1.82, 2.24) is 4.90 Å². The fraction of sp³-hybridized carbons (Fsp3) is 0.462. The molecule has 0 aliphatic rings. The summed E-state index contributed by atoms with van der Waals surface area (Å²) < 4.78 is 9.91. The summed E-state index contributed by atoms with van der Waals surface area (Å²) in [5, 5.41) is 13.2. The highest BCUT2D eigenvalue weighted by atomic mass is 16.6. The van der Waals surface area contributed by atoms with Crippen molar-refractivity contribution in [3.63, 3.8) is 0 Å². The first-order valence-corrected chi connectivity index (χ1v) is 6.36. The molecule has 1 rings (SSSR count). The molecule has 0 radical (unpaired) electrons. The van der Waals surface area contributed by atoms with Gasteiger partial charge in [0.1, 0.15) is 0 Å². The fourth-order valence-corrected chi connectivity index (χ4v) is 1.59. The van der Waals surface area contributed by atoms with Crippen LogP contribution in [0.4, 0.5) is 16.2 Å². The normalized spacial score (nSPS) is 10.2. The number of ether oxygens (including phenoxy) is 2. The lowest BCUT2D eigenvalue weighted by atomic mass is 10.3. The molecule has 1 aromatic rings. The van der Waals surface area contributed by atoms with Gasteiger partial charge in [-0.1, -0.05) is 0 Å². The van der Waals surface area contributed by atoms with Crippen LogP contribution in [0.5, 0.6) is 0 Å². The van der Waals surface area contributed by atoms with E-state index in [2.05, 4.69) is 5.32 Å². The van der Waals surface area contributed by atoms with Crippen molar-refractivity contribution in [2.24, 2.45) is 0 Å². The molecule has 0 heterocycles. The molecule has 21 heavy (non-hydrogen) atoms. The Morgan fingerprint density at radius 1 is 1.19 bits per heavy atom. The predicted molar refractivity (Wildman–Crippen MR) is 77.4 cm³/mol. The zero-order chi connectivity index (χ0) is 15.7. The summed E-state index contributed by atoms with van der Waals surface area (Å²) in [6, 6.07) is 5.34. The number of urea groups is 1. The molecule has 0 saturated carbocycles. The summed E-state index contributed by atoms with van der Waals surface area (Å²) in [6.07, 6.45) is 0. The number of carbonyl (C=O) groups excluding carboxylic acids is 1. The van der Waals surface area contributed by atoms with Gasteiger partial charge in [-0.3, -0.25) is 10.1 Å². The summed E-state index contributed by atoms with van der Waals surface area (Å²) in [5.74, 6) is 0. The van der Waals surface area contributed by atoms with Gasteiger partial charge in [0.05, 0.1) is 18.1 Å². The van der Waals surface area contributed by atoms with Crippen LogP contribution < -0.4 is 5.32 Å². The van der Waals surface area contributed by atoms with Gasteiger partial charge in [-0.05, 0) is 12.1 Å². The van der Waals surface area contributed by atoms with Crippen LogP contribution in [0.1, 0.15) is 0 Å². The second-order valence-electron chi connectivity index (χ2n) is 4.21. The van der Waals surface area contributed by atoms with Crippen molar-refractivity contribution >= 4 is 17.4 Å². The molecule has 0 aromatic heterocycles. The Kier molecular flexibility index (Phi) is 7.13. The van der Waals surface area contributed by atoms with E-state index in [1.807, 2.05) is 0 Å². The number of hydrogen-bond donors (Lipinski definition) is 1. The molecule has 0 spiro atoms. The van der Waals surface area contributed by atoms with Crippen molar-refractivity contribution in [1.29, 1.82) is 0 Å². The number of nitro benzene ring substituents is 1. The first-order valence-electron chi connectivity index (χ1n) is 6.36. The van der Waals surface area contributed by atoms with Crippen LogP contribution in [0.25, 0.3) is 0 Å². The van der Waals surface area contributed by atoms with Crippen molar-refractivity contribution in [3.8, 4) is 0 Å². The number of rotatable bonds is 8. The average molecular weight is 297 g/mol. The molecule has 0 aliphatic carbocycles. The van der Waals surface area contributed by atoms with Crippen molar-refractivity contribution in [2.45, 2.75) is 0 Å². The second kappa shape index (κ2) is 8.88. The lowest BCUT2D eigenvalue weighted by Gasteiger charge is -2.22. The van der Waals surface area contributed by atoms with Crippen molar-refractivity contribution in [2.75, 3.05) is 45.8 Å². The number of amides is 2. The smallest absolute Gasteiger partial charge is 0.321 e. The van der Waals surface area contributed by atoms with E-state index in [1.165, 1.54) is 24.3 Å². The number of benzene rings is 1. The minimum Gasteiger partial charge on any atom is -0.383 e. The number of methoxy groups -OCH3 is 2. The summed E-state index contributed by atoms with van der Waals surface area (Å²) in [5.41, 5.74) is 0.467. The number of carbonyl (C=O) groups is 1. The molecule has 0 unspecified atom stereocenters. The van der Waals surface area contributed by atoms with Gasteiger partial charge < -0.3 is 19.7 Å². The number of nitrogens with one attached hydrogen (secondary N) is 1. The third kappa shape index (κ3) is 5.76. The number of nitrogens with zero attached hydrogens (tertiary/aromatic N) is 2. The highest BCUT2D eigenvalue weighted by Gasteiger charge is 2.13. The molecule has 116 valence electrons. The summed E-state index contributed by atoms with van der Waals surface area (Å²) in [6.45, 7) is 1.69. The van der Waals surface area contributed by atoms with E-state index >= 15 is 0 Å². The Morgan fingerprint density at radius 3 is 2.14 bits per heavy atom. The van der Waals surface area contributed by atoms with Crippen LogP contribution in [-0.2, 0) is 9.47 Å². The molecule has 2 amide bonds. The topological polar surface area (TPSA) is 93.9 Å². The molecule has 8 nitrogen and oxygen atoms in total. The first kappa shape index (κ1) is 16.9. The van der Waals surface area contributed by atoms with Gasteiger partial charge in [-0.25, -0.2) is 4.79 Å². The first-order chi connectivity index (χ1) is 10.1. The van der Waals surface area contributed by atoms with E-state index in [0.717, 1.165) is 0 Å². The van der Waals surface area contributed by atoms with E-state index in [4.69, 9.17) is 9.47 Å². The monoisotopic (exact) mass is 297 g/mol. The lowest BCUT2D eigenvalue weighted by molar-refractivity contribution is -0.384. The number of anilines is 1. The Morgan fingerprint density at radius 2 is 1.71 bits per heavy atom. The van der Waals surface area contributed by atoms with Crippen molar-refractivity contribution in [3.05, 3.63) is 34.4 Å². The summed E-state index contributed by atoms with van der Waals surface area (Å²) in [7, 11) is 3.12. The fourth-order valence-electron chi connectivity index (χ4n) is 1.59. The van der Waals surface area contributed by atoms with Crippen molar-refractivity contribution < 1.29 is 19.2 Å². The Balaban J connectivity index is 2.64. The molecule has 0 bridgehead atoms. The minimum atomic E-state index is -0.491. The zero-order valence-electron chi connectivity index (χ0n) is 12.1. The Hall–Kier alpha value is -2.19. The zero-order valence-corrected chi connectivity index (χ0v) is 12.1. The van der Waals surface area contributed by atoms with Crippen LogP contribution in [0.15, 0.2) is 24.3 Å². The summed E-state index contributed by atoms with van der Waals surface area (Å²) >= 11 is 0. The quantitative estimate of drug-likeness (QED) is 0.582. The number of hydrogen-bond acceptors (Lipinski definition) is 5. The highest BCUT2D eigenvalue weighted by Crippen LogP contribution is 2.15. The minimum absolute atomic E-state index is 0.0244. The Labute approximate surface area is 122 Å². The van der Waals surface area contributed by atoms with Gasteiger partial charge in [0.15, 0.2) is 0 Å². The molecule has 0 saturated heterocycles. The van der Waals surface area contributed by atoms with Gasteiger partial charge >= 0.3 is 6.03 Å². The van der Waals surface area contributed by atoms with Gasteiger partial charge in [0.25, 0.3) is 5.69 Å². The maximum atomic E-state index is 12.1. The molecule has 0 fully saturated rings. The van der Waals surface area contributed by atoms with Crippen LogP contribution >= 0.6 is 0 Å². The summed E-state index contributed by atoms with van der Waals surface area (Å²) in [4.78, 5) is 23.7. The van der Waals surface area contributed by atoms with Crippen LogP contribution in [-0.4, -0.2) is 56.4 Å². The molecular formula is C13H19N3O5. The maximum absolute atomic E-state index is 12.1. The number of non-ortho nitro benzene ring substituents is 1. The van der Waals surface area contributed by atoms with Gasteiger partial charge in [0, 0.05) is 45.1 Å². The largest absolute Gasteiger partial charge is 0.383 e. The maximum Gasteiger partial charge on any atom is 0.321 e.